The van der Waals surface area contributed by atoms with Crippen LogP contribution in [0.3, 0.4) is 0 Å². The molecule has 0 aliphatic rings. The number of likely N-dealkylation sites (N-methyl/N-ethyl adjacent to an activating group) is 1. The normalized spacial score (nSPS) is 13.2. The van der Waals surface area contributed by atoms with E-state index in [0.29, 0.717) is 6.04 Å². The Kier molecular flexibility index (Phi) is 13.2. The van der Waals surface area contributed by atoms with E-state index < -0.39 is 0 Å². The first-order valence-corrected chi connectivity index (χ1v) is 7.40. The lowest BCUT2D eigenvalue weighted by Gasteiger charge is -2.31. The zero-order valence-corrected chi connectivity index (χ0v) is 12.7. The van der Waals surface area contributed by atoms with Gasteiger partial charge in [-0.3, -0.25) is 4.90 Å². The molecule has 0 aliphatic carbocycles. The molecule has 1 unspecified atom stereocenters. The average Bonchev–Trinajstić information content (AvgIpc) is 2.39. The van der Waals surface area contributed by atoms with Crippen molar-refractivity contribution >= 4 is 0 Å². The molecular weight excluding hydrogens is 228 g/mol. The summed E-state index contributed by atoms with van der Waals surface area (Å²) in [5.74, 6) is 0. The maximum Gasteiger partial charge on any atom is 0.0593 e. The van der Waals surface area contributed by atoms with E-state index in [-0.39, 0.29) is 0 Å². The molecule has 0 spiro atoms. The van der Waals surface area contributed by atoms with E-state index >= 15 is 0 Å². The van der Waals surface area contributed by atoms with Gasteiger partial charge in [0.1, 0.15) is 0 Å². The molecule has 0 bridgehead atoms. The fourth-order valence-electron chi connectivity index (χ4n) is 1.97. The van der Waals surface area contributed by atoms with Gasteiger partial charge in [0.05, 0.1) is 13.2 Å². The molecule has 0 aromatic heterocycles. The summed E-state index contributed by atoms with van der Waals surface area (Å²) in [4.78, 5) is 2.48. The van der Waals surface area contributed by atoms with Crippen molar-refractivity contribution in [1.29, 1.82) is 0 Å². The summed E-state index contributed by atoms with van der Waals surface area (Å²) in [5, 5.41) is 3.44. The summed E-state index contributed by atoms with van der Waals surface area (Å²) in [6, 6.07) is 0.575. The third-order valence-electron chi connectivity index (χ3n) is 3.07. The summed E-state index contributed by atoms with van der Waals surface area (Å²) >= 11 is 0. The van der Waals surface area contributed by atoms with Crippen LogP contribution in [0, 0.1) is 0 Å². The third-order valence-corrected chi connectivity index (χ3v) is 3.07. The number of ether oxygens (including phenoxy) is 2. The van der Waals surface area contributed by atoms with Crippen molar-refractivity contribution < 1.29 is 9.47 Å². The summed E-state index contributed by atoms with van der Waals surface area (Å²) in [6.45, 7) is 15.8. The lowest BCUT2D eigenvalue weighted by Crippen LogP contribution is -2.45. The lowest BCUT2D eigenvalue weighted by atomic mass is 10.2. The number of nitrogens with one attached hydrogen (secondary N) is 1. The van der Waals surface area contributed by atoms with E-state index in [0.717, 1.165) is 59.0 Å². The topological polar surface area (TPSA) is 33.7 Å². The Labute approximate surface area is 113 Å². The highest BCUT2D eigenvalue weighted by Gasteiger charge is 2.15. The van der Waals surface area contributed by atoms with Crippen LogP contribution in [0.1, 0.15) is 34.1 Å². The Balaban J connectivity index is 4.11. The van der Waals surface area contributed by atoms with E-state index in [1.54, 1.807) is 0 Å². The average molecular weight is 260 g/mol. The lowest BCUT2D eigenvalue weighted by molar-refractivity contribution is 0.0615. The van der Waals surface area contributed by atoms with Crippen LogP contribution in [-0.4, -0.2) is 63.5 Å². The molecule has 18 heavy (non-hydrogen) atoms. The Morgan fingerprint density at radius 3 is 1.89 bits per heavy atom. The predicted molar refractivity (Wildman–Crippen MR) is 77.2 cm³/mol. The van der Waals surface area contributed by atoms with Crippen LogP contribution in [0.5, 0.6) is 0 Å². The second kappa shape index (κ2) is 13.3. The van der Waals surface area contributed by atoms with Crippen LogP contribution in [0.4, 0.5) is 0 Å². The minimum absolute atomic E-state index is 0.575. The van der Waals surface area contributed by atoms with Crippen molar-refractivity contribution in [2.24, 2.45) is 0 Å². The van der Waals surface area contributed by atoms with Crippen LogP contribution in [0.15, 0.2) is 0 Å². The van der Waals surface area contributed by atoms with Gasteiger partial charge in [-0.05, 0) is 26.8 Å². The van der Waals surface area contributed by atoms with Gasteiger partial charge in [0.25, 0.3) is 0 Å². The first-order chi connectivity index (χ1) is 8.79. The number of hydrogen-bond acceptors (Lipinski definition) is 4. The van der Waals surface area contributed by atoms with Gasteiger partial charge < -0.3 is 14.8 Å². The Bertz CT molecular complexity index is 158. The van der Waals surface area contributed by atoms with Crippen molar-refractivity contribution in [3.63, 3.8) is 0 Å². The van der Waals surface area contributed by atoms with E-state index in [4.69, 9.17) is 9.47 Å². The van der Waals surface area contributed by atoms with E-state index in [2.05, 4.69) is 24.1 Å². The SMILES string of the molecule is CCNCC(CC)N(CCOCC)CCOCC. The van der Waals surface area contributed by atoms with Gasteiger partial charge in [0.15, 0.2) is 0 Å². The third kappa shape index (κ3) is 8.86. The van der Waals surface area contributed by atoms with Gasteiger partial charge in [0, 0.05) is 38.9 Å². The van der Waals surface area contributed by atoms with Crippen LogP contribution >= 0.6 is 0 Å². The zero-order chi connectivity index (χ0) is 13.6. The maximum atomic E-state index is 5.47. The molecule has 0 radical (unpaired) electrons. The highest BCUT2D eigenvalue weighted by Crippen LogP contribution is 2.03. The highest BCUT2D eigenvalue weighted by atomic mass is 16.5. The van der Waals surface area contributed by atoms with Gasteiger partial charge in [-0.15, -0.1) is 0 Å². The molecule has 0 heterocycles. The largest absolute Gasteiger partial charge is 0.380 e. The van der Waals surface area contributed by atoms with Crippen molar-refractivity contribution in [3.05, 3.63) is 0 Å². The molecule has 110 valence electrons. The minimum Gasteiger partial charge on any atom is -0.380 e. The second-order valence-electron chi connectivity index (χ2n) is 4.30. The van der Waals surface area contributed by atoms with Gasteiger partial charge in [-0.1, -0.05) is 13.8 Å². The first-order valence-electron chi connectivity index (χ1n) is 7.40. The predicted octanol–water partition coefficient (Wildman–Crippen LogP) is 1.75. The van der Waals surface area contributed by atoms with Crippen molar-refractivity contribution in [3.8, 4) is 0 Å². The monoisotopic (exact) mass is 260 g/mol. The van der Waals surface area contributed by atoms with Crippen LogP contribution < -0.4 is 5.32 Å². The molecule has 0 aromatic rings. The van der Waals surface area contributed by atoms with Gasteiger partial charge in [-0.25, -0.2) is 0 Å². The van der Waals surface area contributed by atoms with Crippen molar-refractivity contribution in [2.45, 2.75) is 40.2 Å². The zero-order valence-electron chi connectivity index (χ0n) is 12.7. The molecule has 0 aromatic carbocycles. The van der Waals surface area contributed by atoms with Crippen LogP contribution in [-0.2, 0) is 9.47 Å². The summed E-state index contributed by atoms with van der Waals surface area (Å²) in [7, 11) is 0. The molecule has 0 aliphatic heterocycles. The summed E-state index contributed by atoms with van der Waals surface area (Å²) in [5.41, 5.74) is 0. The second-order valence-corrected chi connectivity index (χ2v) is 4.30. The quantitative estimate of drug-likeness (QED) is 0.512. The molecule has 0 amide bonds. The number of nitrogens with zero attached hydrogens (tertiary/aromatic N) is 1. The van der Waals surface area contributed by atoms with E-state index in [1.165, 1.54) is 0 Å². The molecule has 4 heteroatoms. The van der Waals surface area contributed by atoms with Gasteiger partial charge >= 0.3 is 0 Å². The Morgan fingerprint density at radius 2 is 1.50 bits per heavy atom. The first kappa shape index (κ1) is 17.8. The van der Waals surface area contributed by atoms with E-state index in [9.17, 15) is 0 Å². The molecule has 0 fully saturated rings. The molecule has 1 N–H and O–H groups in total. The van der Waals surface area contributed by atoms with Gasteiger partial charge in [0.2, 0.25) is 0 Å². The fraction of sp³-hybridized carbons (Fsp3) is 1.00. The van der Waals surface area contributed by atoms with Crippen molar-refractivity contribution in [2.75, 3.05) is 52.6 Å². The van der Waals surface area contributed by atoms with Crippen molar-refractivity contribution in [1.82, 2.24) is 10.2 Å². The molecule has 0 rings (SSSR count). The summed E-state index contributed by atoms with van der Waals surface area (Å²) < 4.78 is 10.9. The number of hydrogen-bond donors (Lipinski definition) is 1. The van der Waals surface area contributed by atoms with E-state index in [1.807, 2.05) is 13.8 Å². The minimum atomic E-state index is 0.575. The molecule has 4 nitrogen and oxygen atoms in total. The maximum absolute atomic E-state index is 5.47. The number of rotatable bonds is 13. The Morgan fingerprint density at radius 1 is 0.944 bits per heavy atom. The van der Waals surface area contributed by atoms with Gasteiger partial charge in [-0.2, -0.15) is 0 Å². The smallest absolute Gasteiger partial charge is 0.0593 e. The molecular formula is C14H32N2O2. The highest BCUT2D eigenvalue weighted by molar-refractivity contribution is 4.72. The fourth-order valence-corrected chi connectivity index (χ4v) is 1.97. The molecule has 0 saturated carbocycles. The standard InChI is InChI=1S/C14H32N2O2/c1-5-14(13-15-6-2)16(9-11-17-7-3)10-12-18-8-4/h14-15H,5-13H2,1-4H3. The molecule has 0 saturated heterocycles. The molecule has 1 atom stereocenters. The summed E-state index contributed by atoms with van der Waals surface area (Å²) in [6.07, 6.45) is 1.16. The van der Waals surface area contributed by atoms with Crippen LogP contribution in [0.2, 0.25) is 0 Å². The van der Waals surface area contributed by atoms with Crippen LogP contribution in [0.25, 0.3) is 0 Å². The Hall–Kier alpha value is -0.160.